The molecule has 88 valence electrons. The van der Waals surface area contributed by atoms with Gasteiger partial charge < -0.3 is 10.0 Å². The molecule has 2 heteroatoms. The summed E-state index contributed by atoms with van der Waals surface area (Å²) in [5.74, 6) is 1.19. The zero-order valence-corrected chi connectivity index (χ0v) is 10.4. The van der Waals surface area contributed by atoms with Crippen molar-refractivity contribution in [1.29, 1.82) is 0 Å². The summed E-state index contributed by atoms with van der Waals surface area (Å²) in [7, 11) is 2.19. The Labute approximate surface area is 93.7 Å². The highest BCUT2D eigenvalue weighted by molar-refractivity contribution is 4.99. The molecular weight excluding hydrogens is 186 g/mol. The molecule has 0 bridgehead atoms. The number of likely N-dealkylation sites (tertiary alicyclic amines) is 1. The van der Waals surface area contributed by atoms with Crippen LogP contribution in [0.4, 0.5) is 0 Å². The van der Waals surface area contributed by atoms with E-state index in [1.54, 1.807) is 0 Å². The van der Waals surface area contributed by atoms with E-state index in [0.29, 0.717) is 11.8 Å². The Balaban J connectivity index is 2.05. The zero-order valence-electron chi connectivity index (χ0n) is 10.4. The molecule has 1 saturated carbocycles. The van der Waals surface area contributed by atoms with Gasteiger partial charge in [-0.3, -0.25) is 0 Å². The van der Waals surface area contributed by atoms with E-state index < -0.39 is 0 Å². The van der Waals surface area contributed by atoms with Gasteiger partial charge in [0.2, 0.25) is 0 Å². The maximum Gasteiger partial charge on any atom is 0.0627 e. The van der Waals surface area contributed by atoms with Crippen LogP contribution in [0.5, 0.6) is 0 Å². The van der Waals surface area contributed by atoms with E-state index >= 15 is 0 Å². The molecule has 1 spiro atoms. The first-order valence-corrected chi connectivity index (χ1v) is 6.42. The Bertz CT molecular complexity index is 219. The van der Waals surface area contributed by atoms with Gasteiger partial charge in [0.25, 0.3) is 0 Å². The normalized spacial score (nSPS) is 36.6. The van der Waals surface area contributed by atoms with Crippen molar-refractivity contribution in [2.45, 2.75) is 45.6 Å². The summed E-state index contributed by atoms with van der Waals surface area (Å²) in [4.78, 5) is 2.39. The largest absolute Gasteiger partial charge is 0.392 e. The summed E-state index contributed by atoms with van der Waals surface area (Å²) >= 11 is 0. The van der Waals surface area contributed by atoms with E-state index in [1.165, 1.54) is 38.8 Å². The molecule has 1 aliphatic carbocycles. The van der Waals surface area contributed by atoms with Crippen molar-refractivity contribution < 1.29 is 5.11 Å². The molecule has 2 fully saturated rings. The lowest BCUT2D eigenvalue weighted by atomic mass is 9.73. The van der Waals surface area contributed by atoms with Crippen LogP contribution in [0.25, 0.3) is 0 Å². The molecule has 2 nitrogen and oxygen atoms in total. The van der Waals surface area contributed by atoms with Crippen molar-refractivity contribution in [3.05, 3.63) is 0 Å². The summed E-state index contributed by atoms with van der Waals surface area (Å²) in [5.41, 5.74) is 0.279. The van der Waals surface area contributed by atoms with Gasteiger partial charge in [0.15, 0.2) is 0 Å². The highest BCUT2D eigenvalue weighted by Gasteiger charge is 2.48. The molecule has 1 aliphatic heterocycles. The fourth-order valence-electron chi connectivity index (χ4n) is 3.52. The number of rotatable bonds is 1. The molecule has 15 heavy (non-hydrogen) atoms. The second-order valence-electron chi connectivity index (χ2n) is 6.06. The molecule has 0 aromatic rings. The summed E-state index contributed by atoms with van der Waals surface area (Å²) in [5, 5.41) is 10.5. The summed E-state index contributed by atoms with van der Waals surface area (Å²) in [6, 6.07) is 0. The van der Waals surface area contributed by atoms with Crippen LogP contribution < -0.4 is 0 Å². The average molecular weight is 211 g/mol. The minimum absolute atomic E-state index is 0.0359. The van der Waals surface area contributed by atoms with Gasteiger partial charge in [-0.25, -0.2) is 0 Å². The Morgan fingerprint density at radius 1 is 1.20 bits per heavy atom. The third kappa shape index (κ3) is 1.94. The molecule has 0 aromatic carbocycles. The molecular formula is C13H25NO. The quantitative estimate of drug-likeness (QED) is 0.718. The van der Waals surface area contributed by atoms with E-state index in [0.717, 1.165) is 0 Å². The molecule has 1 N–H and O–H groups in total. The van der Waals surface area contributed by atoms with Crippen LogP contribution in [0.3, 0.4) is 0 Å². The summed E-state index contributed by atoms with van der Waals surface area (Å²) in [6.45, 7) is 6.84. The number of aliphatic hydroxyl groups is 1. The summed E-state index contributed by atoms with van der Waals surface area (Å²) < 4.78 is 0. The lowest BCUT2D eigenvalue weighted by molar-refractivity contribution is -0.0237. The second-order valence-corrected chi connectivity index (χ2v) is 6.06. The van der Waals surface area contributed by atoms with Crippen LogP contribution in [0, 0.1) is 17.3 Å². The number of nitrogens with zero attached hydrogens (tertiary/aromatic N) is 1. The van der Waals surface area contributed by atoms with Crippen molar-refractivity contribution in [3.8, 4) is 0 Å². The van der Waals surface area contributed by atoms with E-state index in [2.05, 4.69) is 25.8 Å². The van der Waals surface area contributed by atoms with E-state index in [9.17, 15) is 5.11 Å². The first-order chi connectivity index (χ1) is 7.05. The van der Waals surface area contributed by atoms with Crippen LogP contribution in [0.1, 0.15) is 39.5 Å². The number of hydrogen-bond acceptors (Lipinski definition) is 2. The van der Waals surface area contributed by atoms with Crippen molar-refractivity contribution in [2.75, 3.05) is 20.1 Å². The Hall–Kier alpha value is -0.0800. The average Bonchev–Trinajstić information content (AvgIpc) is 2.50. The lowest BCUT2D eigenvalue weighted by Crippen LogP contribution is -2.44. The maximum atomic E-state index is 10.5. The van der Waals surface area contributed by atoms with Gasteiger partial charge >= 0.3 is 0 Å². The maximum absolute atomic E-state index is 10.5. The molecule has 1 saturated heterocycles. The first-order valence-electron chi connectivity index (χ1n) is 6.42. The number of hydrogen-bond donors (Lipinski definition) is 1. The molecule has 2 rings (SSSR count). The third-order valence-corrected chi connectivity index (χ3v) is 4.85. The highest BCUT2D eigenvalue weighted by Crippen LogP contribution is 2.50. The van der Waals surface area contributed by atoms with Crippen LogP contribution in [0.15, 0.2) is 0 Å². The van der Waals surface area contributed by atoms with Crippen molar-refractivity contribution in [2.24, 2.45) is 17.3 Å². The van der Waals surface area contributed by atoms with Gasteiger partial charge in [0.1, 0.15) is 0 Å². The minimum Gasteiger partial charge on any atom is -0.392 e. The van der Waals surface area contributed by atoms with Gasteiger partial charge in [-0.1, -0.05) is 13.8 Å². The van der Waals surface area contributed by atoms with Crippen LogP contribution >= 0.6 is 0 Å². The van der Waals surface area contributed by atoms with Gasteiger partial charge in [-0.2, -0.15) is 0 Å². The monoisotopic (exact) mass is 211 g/mol. The molecule has 2 unspecified atom stereocenters. The smallest absolute Gasteiger partial charge is 0.0627 e. The van der Waals surface area contributed by atoms with Crippen molar-refractivity contribution >= 4 is 0 Å². The van der Waals surface area contributed by atoms with Gasteiger partial charge in [-0.05, 0) is 63.1 Å². The predicted molar refractivity (Wildman–Crippen MR) is 62.7 cm³/mol. The van der Waals surface area contributed by atoms with Gasteiger partial charge in [0.05, 0.1) is 6.10 Å². The number of aliphatic hydroxyl groups excluding tert-OH is 1. The molecule has 0 amide bonds. The summed E-state index contributed by atoms with van der Waals surface area (Å²) in [6.07, 6.45) is 4.86. The predicted octanol–water partition coefficient (Wildman–Crippen LogP) is 2.13. The van der Waals surface area contributed by atoms with Crippen LogP contribution in [-0.2, 0) is 0 Å². The Morgan fingerprint density at radius 2 is 1.80 bits per heavy atom. The minimum atomic E-state index is -0.0359. The van der Waals surface area contributed by atoms with E-state index in [1.807, 2.05) is 0 Å². The first kappa shape index (κ1) is 11.4. The lowest BCUT2D eigenvalue weighted by Gasteiger charge is -2.41. The highest BCUT2D eigenvalue weighted by atomic mass is 16.3. The topological polar surface area (TPSA) is 23.5 Å². The zero-order chi connectivity index (χ0) is 11.1. The SMILES string of the molecule is CC(C)C1CCC2(CCN(C)CC2)C1O. The molecule has 0 aromatic heterocycles. The van der Waals surface area contributed by atoms with Gasteiger partial charge in [0, 0.05) is 0 Å². The van der Waals surface area contributed by atoms with E-state index in [-0.39, 0.29) is 11.5 Å². The molecule has 1 heterocycles. The number of piperidine rings is 1. The van der Waals surface area contributed by atoms with E-state index in [4.69, 9.17) is 0 Å². The van der Waals surface area contributed by atoms with Gasteiger partial charge in [-0.15, -0.1) is 0 Å². The van der Waals surface area contributed by atoms with Crippen molar-refractivity contribution in [1.82, 2.24) is 4.90 Å². The fraction of sp³-hybridized carbons (Fsp3) is 1.00. The molecule has 2 atom stereocenters. The second kappa shape index (κ2) is 4.06. The Kier molecular flexibility index (Phi) is 3.09. The van der Waals surface area contributed by atoms with Crippen molar-refractivity contribution in [3.63, 3.8) is 0 Å². The standard InChI is InChI=1S/C13H25NO/c1-10(2)11-4-5-13(12(11)15)6-8-14(3)9-7-13/h10-12,15H,4-9H2,1-3H3. The Morgan fingerprint density at radius 3 is 2.27 bits per heavy atom. The van der Waals surface area contributed by atoms with Crippen LogP contribution in [-0.4, -0.2) is 36.2 Å². The fourth-order valence-corrected chi connectivity index (χ4v) is 3.52. The molecule has 0 radical (unpaired) electrons. The van der Waals surface area contributed by atoms with Crippen LogP contribution in [0.2, 0.25) is 0 Å². The third-order valence-electron chi connectivity index (χ3n) is 4.85. The molecule has 2 aliphatic rings.